The van der Waals surface area contributed by atoms with Gasteiger partial charge in [-0.05, 0) is 40.5 Å². The highest BCUT2D eigenvalue weighted by Crippen LogP contribution is 2.42. The van der Waals surface area contributed by atoms with Gasteiger partial charge in [-0.1, -0.05) is 23.2 Å². The van der Waals surface area contributed by atoms with E-state index in [1.807, 2.05) is 31.6 Å². The monoisotopic (exact) mass is 607 g/mol. The van der Waals surface area contributed by atoms with Gasteiger partial charge in [-0.2, -0.15) is 5.10 Å². The first-order chi connectivity index (χ1) is 19.3. The summed E-state index contributed by atoms with van der Waals surface area (Å²) in [6.45, 7) is 8.20. The highest BCUT2D eigenvalue weighted by atomic mass is 35.5. The van der Waals surface area contributed by atoms with Gasteiger partial charge in [0, 0.05) is 48.2 Å². The first-order valence-corrected chi connectivity index (χ1v) is 13.8. The van der Waals surface area contributed by atoms with Crippen LogP contribution in [0.2, 0.25) is 10.0 Å². The van der Waals surface area contributed by atoms with Gasteiger partial charge in [0.15, 0.2) is 11.4 Å². The number of pyridine rings is 1. The number of hydrogen-bond donors (Lipinski definition) is 1. The molecule has 1 aromatic carbocycles. The number of rotatable bonds is 5. The Morgan fingerprint density at radius 2 is 1.83 bits per heavy atom. The molecule has 3 aromatic heterocycles. The van der Waals surface area contributed by atoms with Crippen molar-refractivity contribution in [3.8, 4) is 16.9 Å². The van der Waals surface area contributed by atoms with Gasteiger partial charge in [-0.15, -0.1) is 0 Å². The number of likely N-dealkylation sites (tertiary alicyclic amines) is 1. The molecule has 1 saturated heterocycles. The van der Waals surface area contributed by atoms with Crippen LogP contribution in [0.3, 0.4) is 0 Å². The van der Waals surface area contributed by atoms with Crippen molar-refractivity contribution in [2.75, 3.05) is 18.8 Å². The van der Waals surface area contributed by atoms with Crippen molar-refractivity contribution < 1.29 is 27.5 Å². The number of nitrogen functional groups attached to an aromatic ring is 1. The number of anilines is 1. The van der Waals surface area contributed by atoms with Crippen molar-refractivity contribution in [1.29, 1.82) is 0 Å². The topological polar surface area (TPSA) is 109 Å². The van der Waals surface area contributed by atoms with Gasteiger partial charge in [-0.3, -0.25) is 4.68 Å². The number of aromatic nitrogens is 3. The van der Waals surface area contributed by atoms with Crippen LogP contribution < -0.4 is 10.5 Å². The van der Waals surface area contributed by atoms with E-state index in [2.05, 4.69) is 10.1 Å². The molecular weight excluding hydrogens is 579 g/mol. The summed E-state index contributed by atoms with van der Waals surface area (Å²) >= 11 is 12.2. The van der Waals surface area contributed by atoms with Crippen molar-refractivity contribution in [2.45, 2.75) is 58.3 Å². The van der Waals surface area contributed by atoms with E-state index in [4.69, 9.17) is 42.8 Å². The number of furan rings is 1. The third-order valence-electron chi connectivity index (χ3n) is 6.85. The molecule has 13 heteroatoms. The van der Waals surface area contributed by atoms with Crippen LogP contribution in [0.25, 0.3) is 22.1 Å². The molecule has 1 aliphatic rings. The van der Waals surface area contributed by atoms with Crippen molar-refractivity contribution in [3.05, 3.63) is 58.2 Å². The summed E-state index contributed by atoms with van der Waals surface area (Å²) in [6.07, 6.45) is 6.88. The maximum absolute atomic E-state index is 14.1. The molecule has 4 aromatic rings. The number of carbonyl (C=O) groups excluding carboxylic acids is 1. The van der Waals surface area contributed by atoms with Crippen LogP contribution in [0.5, 0.6) is 5.75 Å². The molecular formula is C28H29Cl2F2N5O4. The number of hydrogen-bond acceptors (Lipinski definition) is 7. The van der Waals surface area contributed by atoms with Gasteiger partial charge < -0.3 is 24.5 Å². The molecule has 2 N–H and O–H groups in total. The second-order valence-electron chi connectivity index (χ2n) is 10.9. The van der Waals surface area contributed by atoms with Crippen LogP contribution in [-0.2, 0) is 4.74 Å². The van der Waals surface area contributed by atoms with Gasteiger partial charge in [0.2, 0.25) is 5.75 Å². The molecule has 0 saturated carbocycles. The van der Waals surface area contributed by atoms with Gasteiger partial charge in [0.05, 0.1) is 27.7 Å². The lowest BCUT2D eigenvalue weighted by Gasteiger charge is -2.33. The van der Waals surface area contributed by atoms with E-state index in [1.165, 1.54) is 13.2 Å². The Morgan fingerprint density at radius 1 is 1.17 bits per heavy atom. The number of halogens is 4. The fourth-order valence-corrected chi connectivity index (χ4v) is 5.47. The number of fused-ring (bicyclic) bond motifs is 1. The summed E-state index contributed by atoms with van der Waals surface area (Å²) < 4.78 is 47.4. The third kappa shape index (κ3) is 5.78. The van der Waals surface area contributed by atoms with Gasteiger partial charge in [0.1, 0.15) is 29.6 Å². The lowest BCUT2D eigenvalue weighted by atomic mass is 10.1. The molecule has 0 aliphatic carbocycles. The van der Waals surface area contributed by atoms with E-state index in [0.29, 0.717) is 35.7 Å². The summed E-state index contributed by atoms with van der Waals surface area (Å²) in [6, 6.07) is 0.719. The molecule has 1 aliphatic heterocycles. The van der Waals surface area contributed by atoms with Crippen molar-refractivity contribution in [1.82, 2.24) is 19.7 Å². The van der Waals surface area contributed by atoms with Crippen LogP contribution in [0.4, 0.5) is 19.4 Å². The summed E-state index contributed by atoms with van der Waals surface area (Å²) in [5, 5.41) is 4.45. The number of carbonyl (C=O) groups is 1. The maximum Gasteiger partial charge on any atom is 0.410 e. The molecule has 1 atom stereocenters. The number of benzene rings is 1. The van der Waals surface area contributed by atoms with Gasteiger partial charge in [0.25, 0.3) is 0 Å². The van der Waals surface area contributed by atoms with Gasteiger partial charge in [-0.25, -0.2) is 18.6 Å². The zero-order valence-corrected chi connectivity index (χ0v) is 24.4. The van der Waals surface area contributed by atoms with Crippen LogP contribution in [0.1, 0.15) is 58.2 Å². The lowest BCUT2D eigenvalue weighted by Crippen LogP contribution is -2.42. The summed E-state index contributed by atoms with van der Waals surface area (Å²) in [5.74, 6) is -1.82. The second kappa shape index (κ2) is 11.0. The zero-order valence-electron chi connectivity index (χ0n) is 22.9. The summed E-state index contributed by atoms with van der Waals surface area (Å²) in [5.41, 5.74) is 7.27. The quantitative estimate of drug-likeness (QED) is 0.233. The minimum atomic E-state index is -0.988. The highest BCUT2D eigenvalue weighted by molar-refractivity contribution is 6.36. The fraction of sp³-hybridized carbons (Fsp3) is 0.393. The first kappa shape index (κ1) is 28.9. The van der Waals surface area contributed by atoms with Crippen LogP contribution in [0.15, 0.2) is 35.3 Å². The van der Waals surface area contributed by atoms with Crippen LogP contribution in [0, 0.1) is 11.6 Å². The second-order valence-corrected chi connectivity index (χ2v) is 11.7. The smallest absolute Gasteiger partial charge is 0.410 e. The third-order valence-corrected chi connectivity index (χ3v) is 7.62. The first-order valence-electron chi connectivity index (χ1n) is 13.0. The Hall–Kier alpha value is -3.57. The minimum Gasteiger partial charge on any atom is -0.478 e. The Morgan fingerprint density at radius 3 is 2.46 bits per heavy atom. The molecule has 0 bridgehead atoms. The number of piperidine rings is 1. The maximum atomic E-state index is 14.1. The molecule has 218 valence electrons. The molecule has 41 heavy (non-hydrogen) atoms. The van der Waals surface area contributed by atoms with E-state index in [9.17, 15) is 13.6 Å². The van der Waals surface area contributed by atoms with E-state index in [0.717, 1.165) is 18.4 Å². The number of nitrogens with two attached hydrogens (primary N) is 1. The van der Waals surface area contributed by atoms with Crippen molar-refractivity contribution in [3.63, 3.8) is 0 Å². The number of nitrogens with zero attached hydrogens (tertiary/aromatic N) is 4. The van der Waals surface area contributed by atoms with Gasteiger partial charge >= 0.3 is 6.09 Å². The predicted molar refractivity (Wildman–Crippen MR) is 151 cm³/mol. The average Bonchev–Trinajstić information content (AvgIpc) is 3.56. The Kier molecular flexibility index (Phi) is 7.78. The fourth-order valence-electron chi connectivity index (χ4n) is 4.82. The molecule has 1 fully saturated rings. The Bertz CT molecular complexity index is 1580. The molecule has 1 unspecified atom stereocenters. The number of amides is 1. The SMILES string of the molecule is CC(Oc1c(N)ncc2c(-c3cnn(C4CCN(C(=O)OC(C)(C)C)CC4)c3)coc12)c1c(Cl)c(F)cc(F)c1Cl. The normalized spacial score (nSPS) is 15.4. The average molecular weight is 608 g/mol. The molecule has 4 heterocycles. The minimum absolute atomic E-state index is 0.0156. The molecule has 5 rings (SSSR count). The molecule has 1 amide bonds. The standard InChI is InChI=1S/C28H29Cl2F2N5O4/c1-14(21-22(29)19(31)9-20(32)23(21)30)40-25-24-17(11-34-26(25)33)18(13-39-24)15-10-35-37(12-15)16-5-7-36(8-6-16)27(38)41-28(2,3)4/h9-14,16H,5-8H2,1-4H3,(H2,33,34). The van der Waals surface area contributed by atoms with E-state index in [1.54, 1.807) is 17.3 Å². The Balaban J connectivity index is 1.36. The predicted octanol–water partition coefficient (Wildman–Crippen LogP) is 7.57. The van der Waals surface area contributed by atoms with E-state index >= 15 is 0 Å². The molecule has 0 spiro atoms. The van der Waals surface area contributed by atoms with Crippen molar-refractivity contribution >= 4 is 46.1 Å². The molecule has 0 radical (unpaired) electrons. The summed E-state index contributed by atoms with van der Waals surface area (Å²) in [7, 11) is 0. The van der Waals surface area contributed by atoms with Crippen LogP contribution in [-0.4, -0.2) is 44.4 Å². The lowest BCUT2D eigenvalue weighted by molar-refractivity contribution is 0.0184. The van der Waals surface area contributed by atoms with Crippen LogP contribution >= 0.6 is 23.2 Å². The molecule has 9 nitrogen and oxygen atoms in total. The summed E-state index contributed by atoms with van der Waals surface area (Å²) in [4.78, 5) is 18.4. The zero-order chi connectivity index (χ0) is 29.6. The van der Waals surface area contributed by atoms with E-state index in [-0.39, 0.29) is 39.3 Å². The largest absolute Gasteiger partial charge is 0.478 e. The number of ether oxygens (including phenoxy) is 2. The van der Waals surface area contributed by atoms with E-state index < -0.39 is 23.3 Å². The van der Waals surface area contributed by atoms with Crippen molar-refractivity contribution in [2.24, 2.45) is 0 Å². The highest BCUT2D eigenvalue weighted by Gasteiger charge is 2.29. The Labute approximate surface area is 245 Å².